The van der Waals surface area contributed by atoms with Crippen molar-refractivity contribution in [3.05, 3.63) is 47.4 Å². The van der Waals surface area contributed by atoms with Crippen LogP contribution in [0.25, 0.3) is 0 Å². The van der Waals surface area contributed by atoms with Gasteiger partial charge in [-0.1, -0.05) is 12.1 Å². The van der Waals surface area contributed by atoms with Crippen molar-refractivity contribution in [1.29, 1.82) is 0 Å². The van der Waals surface area contributed by atoms with Crippen molar-refractivity contribution in [2.75, 3.05) is 12.3 Å². The molecule has 1 heterocycles. The highest BCUT2D eigenvalue weighted by atomic mass is 19.1. The van der Waals surface area contributed by atoms with Crippen LogP contribution in [0.3, 0.4) is 0 Å². The Hall–Kier alpha value is -1.88. The number of benzene rings is 1. The summed E-state index contributed by atoms with van der Waals surface area (Å²) in [7, 11) is 0. The van der Waals surface area contributed by atoms with E-state index in [1.807, 2.05) is 0 Å². The maximum atomic E-state index is 12.7. The van der Waals surface area contributed by atoms with Gasteiger partial charge in [-0.25, -0.2) is 9.07 Å². The molecule has 0 aliphatic carbocycles. The average molecular weight is 235 g/mol. The number of hydrogen-bond acceptors (Lipinski definition) is 3. The lowest BCUT2D eigenvalue weighted by Gasteiger charge is -2.05. The predicted octanol–water partition coefficient (Wildman–Crippen LogP) is 1.19. The Morgan fingerprint density at radius 2 is 2.00 bits per heavy atom. The first-order valence-electron chi connectivity index (χ1n) is 5.36. The summed E-state index contributed by atoms with van der Waals surface area (Å²) in [5.74, 6) is 0.284. The summed E-state index contributed by atoms with van der Waals surface area (Å²) in [6, 6.07) is 6.21. The summed E-state index contributed by atoms with van der Waals surface area (Å²) < 4.78 is 14.4. The zero-order valence-electron chi connectivity index (χ0n) is 9.31. The summed E-state index contributed by atoms with van der Waals surface area (Å²) in [4.78, 5) is 0. The largest absolute Gasteiger partial charge is 0.396 e. The second-order valence-electron chi connectivity index (χ2n) is 3.81. The average Bonchev–Trinajstić information content (AvgIpc) is 2.65. The molecule has 90 valence electrons. The highest BCUT2D eigenvalue weighted by Gasteiger charge is 2.07. The summed E-state index contributed by atoms with van der Waals surface area (Å²) in [5.41, 5.74) is 7.64. The van der Waals surface area contributed by atoms with Gasteiger partial charge >= 0.3 is 0 Å². The van der Waals surface area contributed by atoms with Crippen molar-refractivity contribution in [2.24, 2.45) is 0 Å². The molecule has 1 aromatic carbocycles. The molecule has 0 saturated carbocycles. The molecule has 0 aliphatic rings. The Balaban J connectivity index is 2.16. The Kier molecular flexibility index (Phi) is 3.39. The van der Waals surface area contributed by atoms with Crippen LogP contribution >= 0.6 is 0 Å². The van der Waals surface area contributed by atoms with Crippen LogP contribution in [0.2, 0.25) is 0 Å². The van der Waals surface area contributed by atoms with Crippen LogP contribution in [-0.4, -0.2) is 21.5 Å². The Morgan fingerprint density at radius 1 is 1.29 bits per heavy atom. The minimum Gasteiger partial charge on any atom is -0.396 e. The first-order valence-corrected chi connectivity index (χ1v) is 5.36. The molecular weight excluding hydrogens is 221 g/mol. The summed E-state index contributed by atoms with van der Waals surface area (Å²) in [6.45, 7) is 0.546. The first kappa shape index (κ1) is 11.6. The lowest BCUT2D eigenvalue weighted by Crippen LogP contribution is -2.07. The van der Waals surface area contributed by atoms with Gasteiger partial charge in [-0.3, -0.25) is 0 Å². The summed E-state index contributed by atoms with van der Waals surface area (Å²) >= 11 is 0. The third-order valence-corrected chi connectivity index (χ3v) is 2.59. The van der Waals surface area contributed by atoms with Gasteiger partial charge in [0.25, 0.3) is 0 Å². The molecule has 0 bridgehead atoms. The quantitative estimate of drug-likeness (QED) is 0.836. The zero-order chi connectivity index (χ0) is 12.3. The molecule has 4 nitrogen and oxygen atoms in total. The van der Waals surface area contributed by atoms with Gasteiger partial charge in [0, 0.05) is 18.6 Å². The number of hydrogen-bond donors (Lipinski definition) is 2. The van der Waals surface area contributed by atoms with Gasteiger partial charge in [0.1, 0.15) is 11.6 Å². The predicted molar refractivity (Wildman–Crippen MR) is 62.9 cm³/mol. The van der Waals surface area contributed by atoms with E-state index >= 15 is 0 Å². The fraction of sp³-hybridized carbons (Fsp3) is 0.250. The van der Waals surface area contributed by atoms with Gasteiger partial charge in [-0.15, -0.1) is 0 Å². The van der Waals surface area contributed by atoms with Crippen LogP contribution in [-0.2, 0) is 13.0 Å². The Bertz CT molecular complexity index is 493. The Morgan fingerprint density at radius 3 is 2.65 bits per heavy atom. The second-order valence-corrected chi connectivity index (χ2v) is 3.81. The molecule has 2 aromatic rings. The molecule has 3 N–H and O–H groups in total. The lowest BCUT2D eigenvalue weighted by molar-refractivity contribution is 0.300. The molecule has 0 unspecified atom stereocenters. The topological polar surface area (TPSA) is 64.1 Å². The highest BCUT2D eigenvalue weighted by Crippen LogP contribution is 2.13. The molecule has 0 fully saturated rings. The van der Waals surface area contributed by atoms with E-state index in [0.29, 0.717) is 18.8 Å². The summed E-state index contributed by atoms with van der Waals surface area (Å²) in [6.07, 6.45) is 2.14. The molecular formula is C12H14FN3O. The van der Waals surface area contributed by atoms with Crippen LogP contribution in [0.1, 0.15) is 11.1 Å². The van der Waals surface area contributed by atoms with Crippen LogP contribution in [0.15, 0.2) is 30.5 Å². The molecule has 2 rings (SSSR count). The number of anilines is 1. The third kappa shape index (κ3) is 2.62. The van der Waals surface area contributed by atoms with E-state index in [1.165, 1.54) is 12.1 Å². The summed E-state index contributed by atoms with van der Waals surface area (Å²) in [5, 5.41) is 13.0. The molecule has 0 saturated heterocycles. The molecule has 1 aromatic heterocycles. The van der Waals surface area contributed by atoms with E-state index in [-0.39, 0.29) is 12.4 Å². The van der Waals surface area contributed by atoms with E-state index in [0.717, 1.165) is 11.1 Å². The maximum Gasteiger partial charge on any atom is 0.125 e. The van der Waals surface area contributed by atoms with Gasteiger partial charge in [0.2, 0.25) is 0 Å². The van der Waals surface area contributed by atoms with Crippen LogP contribution < -0.4 is 5.73 Å². The number of halogens is 1. The number of nitrogens with two attached hydrogens (primary N) is 1. The van der Waals surface area contributed by atoms with E-state index in [4.69, 9.17) is 10.8 Å². The van der Waals surface area contributed by atoms with Crippen molar-refractivity contribution < 1.29 is 9.50 Å². The van der Waals surface area contributed by atoms with Crippen molar-refractivity contribution >= 4 is 5.82 Å². The molecule has 0 aliphatic heterocycles. The van der Waals surface area contributed by atoms with Gasteiger partial charge in [-0.2, -0.15) is 5.10 Å². The van der Waals surface area contributed by atoms with Gasteiger partial charge < -0.3 is 10.8 Å². The van der Waals surface area contributed by atoms with Crippen molar-refractivity contribution in [1.82, 2.24) is 9.78 Å². The van der Waals surface area contributed by atoms with E-state index < -0.39 is 0 Å². The van der Waals surface area contributed by atoms with Crippen molar-refractivity contribution in [2.45, 2.75) is 13.0 Å². The standard InChI is InChI=1S/C12H14FN3O/c13-11-3-1-9(2-4-11)8-16-12(14)10(5-6-17)7-15-16/h1-4,7,17H,5-6,8,14H2. The maximum absolute atomic E-state index is 12.7. The molecule has 0 radical (unpaired) electrons. The second kappa shape index (κ2) is 4.97. The van der Waals surface area contributed by atoms with Crippen LogP contribution in [0.4, 0.5) is 10.2 Å². The minimum absolute atomic E-state index is 0.0481. The fourth-order valence-electron chi connectivity index (χ4n) is 1.64. The third-order valence-electron chi connectivity index (χ3n) is 2.59. The van der Waals surface area contributed by atoms with Gasteiger partial charge in [0.15, 0.2) is 0 Å². The Labute approximate surface area is 98.5 Å². The van der Waals surface area contributed by atoms with E-state index in [9.17, 15) is 4.39 Å². The molecule has 0 spiro atoms. The monoisotopic (exact) mass is 235 g/mol. The minimum atomic E-state index is -0.261. The fourth-order valence-corrected chi connectivity index (χ4v) is 1.64. The molecule has 17 heavy (non-hydrogen) atoms. The highest BCUT2D eigenvalue weighted by molar-refractivity contribution is 5.39. The number of aliphatic hydroxyl groups is 1. The lowest BCUT2D eigenvalue weighted by atomic mass is 10.2. The van der Waals surface area contributed by atoms with Crippen molar-refractivity contribution in [3.8, 4) is 0 Å². The van der Waals surface area contributed by atoms with E-state index in [1.54, 1.807) is 23.0 Å². The number of nitrogens with zero attached hydrogens (tertiary/aromatic N) is 2. The smallest absolute Gasteiger partial charge is 0.125 e. The normalized spacial score (nSPS) is 10.7. The van der Waals surface area contributed by atoms with Gasteiger partial charge in [0.05, 0.1) is 12.7 Å². The van der Waals surface area contributed by atoms with E-state index in [2.05, 4.69) is 5.10 Å². The number of rotatable bonds is 4. The number of aromatic nitrogens is 2. The van der Waals surface area contributed by atoms with Crippen LogP contribution in [0, 0.1) is 5.82 Å². The first-order chi connectivity index (χ1) is 8.20. The SMILES string of the molecule is Nc1c(CCO)cnn1Cc1ccc(F)cc1. The number of nitrogen functional groups attached to an aromatic ring is 1. The number of aliphatic hydroxyl groups excluding tert-OH is 1. The molecule has 0 amide bonds. The van der Waals surface area contributed by atoms with Crippen LogP contribution in [0.5, 0.6) is 0 Å². The molecule has 5 heteroatoms. The van der Waals surface area contributed by atoms with Crippen molar-refractivity contribution in [3.63, 3.8) is 0 Å². The molecule has 0 atom stereocenters. The zero-order valence-corrected chi connectivity index (χ0v) is 9.31. The van der Waals surface area contributed by atoms with Gasteiger partial charge in [-0.05, 0) is 17.7 Å².